The summed E-state index contributed by atoms with van der Waals surface area (Å²) in [7, 11) is 0. The van der Waals surface area contributed by atoms with Crippen LogP contribution < -0.4 is 0 Å². The van der Waals surface area contributed by atoms with Crippen LogP contribution in [0.25, 0.3) is 68.8 Å². The minimum atomic E-state index is 0.631. The molecule has 0 aliphatic heterocycles. The van der Waals surface area contributed by atoms with Gasteiger partial charge in [0.1, 0.15) is 0 Å². The summed E-state index contributed by atoms with van der Waals surface area (Å²) in [5.74, 6) is 0. The number of hydrogen-bond donors (Lipinski definition) is 0. The van der Waals surface area contributed by atoms with Crippen LogP contribution >= 0.6 is 0 Å². The minimum Gasteiger partial charge on any atom is -0.312 e. The van der Waals surface area contributed by atoms with Gasteiger partial charge in [-0.25, -0.2) is 0 Å². The van der Waals surface area contributed by atoms with Crippen molar-refractivity contribution in [1.29, 1.82) is 10.5 Å². The van der Waals surface area contributed by atoms with Crippen molar-refractivity contribution in [3.63, 3.8) is 0 Å². The molecular weight excluding hydrogens is 609 g/mol. The average Bonchev–Trinajstić information content (AvgIpc) is 3.53. The molecule has 238 valence electrons. The number of nitriles is 2. The van der Waals surface area contributed by atoms with Gasteiger partial charge in [0.05, 0.1) is 34.6 Å². The van der Waals surface area contributed by atoms with Crippen LogP contribution in [0.2, 0.25) is 0 Å². The predicted molar refractivity (Wildman–Crippen MR) is 207 cm³/mol. The van der Waals surface area contributed by atoms with E-state index in [1.54, 1.807) is 0 Å². The summed E-state index contributed by atoms with van der Waals surface area (Å²) < 4.78 is 4.64. The number of rotatable bonds is 6. The van der Waals surface area contributed by atoms with Crippen LogP contribution in [0.3, 0.4) is 0 Å². The lowest BCUT2D eigenvalue weighted by Crippen LogP contribution is -2.06. The molecule has 0 unspecified atom stereocenters. The Morgan fingerprint density at radius 2 is 1.64 bits per heavy atom. The molecule has 2 aliphatic carbocycles. The van der Waals surface area contributed by atoms with Gasteiger partial charge in [-0.3, -0.25) is 0 Å². The van der Waals surface area contributed by atoms with Crippen molar-refractivity contribution in [3.05, 3.63) is 167 Å². The van der Waals surface area contributed by atoms with Crippen molar-refractivity contribution in [3.8, 4) is 45.8 Å². The highest BCUT2D eigenvalue weighted by molar-refractivity contribution is 5.96. The zero-order valence-corrected chi connectivity index (χ0v) is 27.9. The van der Waals surface area contributed by atoms with E-state index >= 15 is 0 Å². The molecule has 0 atom stereocenters. The van der Waals surface area contributed by atoms with Gasteiger partial charge in [-0.15, -0.1) is 0 Å². The fourth-order valence-corrected chi connectivity index (χ4v) is 7.54. The SMILES string of the molecule is C=Cc1c(/C=C(\C)C#N)c2ccccc2n1-c1cccc(-c2cccc(-c3cc(C#N)ccc3-n3c4c(c5c3CC=CC=C5)CCC=C4)c2)c1. The number of allylic oxidation sites excluding steroid dienone is 5. The number of aromatic nitrogens is 2. The predicted octanol–water partition coefficient (Wildman–Crippen LogP) is 11.3. The molecule has 2 aromatic heterocycles. The molecule has 0 saturated carbocycles. The molecule has 4 aromatic carbocycles. The Labute approximate surface area is 292 Å². The molecule has 4 heteroatoms. The maximum Gasteiger partial charge on any atom is 0.0991 e. The Kier molecular flexibility index (Phi) is 7.84. The Balaban J connectivity index is 1.28. The fourth-order valence-electron chi connectivity index (χ4n) is 7.54. The molecule has 50 heavy (non-hydrogen) atoms. The van der Waals surface area contributed by atoms with Crippen LogP contribution in [-0.2, 0) is 12.8 Å². The van der Waals surface area contributed by atoms with E-state index in [4.69, 9.17) is 0 Å². The van der Waals surface area contributed by atoms with Crippen molar-refractivity contribution in [2.75, 3.05) is 0 Å². The Bertz CT molecular complexity index is 2560. The van der Waals surface area contributed by atoms with Gasteiger partial charge in [-0.2, -0.15) is 10.5 Å². The summed E-state index contributed by atoms with van der Waals surface area (Å²) in [5, 5.41) is 20.6. The van der Waals surface area contributed by atoms with Crippen LogP contribution in [-0.4, -0.2) is 9.13 Å². The molecule has 0 N–H and O–H groups in total. The largest absolute Gasteiger partial charge is 0.312 e. The second-order valence-electron chi connectivity index (χ2n) is 12.8. The van der Waals surface area contributed by atoms with Crippen LogP contribution in [0.5, 0.6) is 0 Å². The van der Waals surface area contributed by atoms with Gasteiger partial charge >= 0.3 is 0 Å². The van der Waals surface area contributed by atoms with Crippen molar-refractivity contribution in [2.24, 2.45) is 0 Å². The third-order valence-corrected chi connectivity index (χ3v) is 9.77. The summed E-state index contributed by atoms with van der Waals surface area (Å²) in [6.07, 6.45) is 20.0. The highest BCUT2D eigenvalue weighted by Gasteiger charge is 2.24. The third-order valence-electron chi connectivity index (χ3n) is 9.77. The molecule has 0 spiro atoms. The topological polar surface area (TPSA) is 57.4 Å². The number of para-hydroxylation sites is 1. The molecule has 0 fully saturated rings. The van der Waals surface area contributed by atoms with Crippen molar-refractivity contribution in [2.45, 2.75) is 26.2 Å². The normalized spacial score (nSPS) is 13.4. The average molecular weight is 643 g/mol. The van der Waals surface area contributed by atoms with Crippen LogP contribution in [0.4, 0.5) is 0 Å². The highest BCUT2D eigenvalue weighted by Crippen LogP contribution is 2.39. The van der Waals surface area contributed by atoms with E-state index in [2.05, 4.69) is 131 Å². The monoisotopic (exact) mass is 642 g/mol. The number of nitrogens with zero attached hydrogens (tertiary/aromatic N) is 4. The minimum absolute atomic E-state index is 0.631. The van der Waals surface area contributed by atoms with Gasteiger partial charge in [0.25, 0.3) is 0 Å². The van der Waals surface area contributed by atoms with E-state index in [1.165, 1.54) is 22.5 Å². The zero-order chi connectivity index (χ0) is 34.2. The molecule has 0 radical (unpaired) electrons. The Hall–Kier alpha value is -6.62. The first-order valence-electron chi connectivity index (χ1n) is 17.0. The lowest BCUT2D eigenvalue weighted by molar-refractivity contribution is 0.934. The maximum atomic E-state index is 9.99. The van der Waals surface area contributed by atoms with Gasteiger partial charge in [0.2, 0.25) is 0 Å². The van der Waals surface area contributed by atoms with Crippen molar-refractivity contribution < 1.29 is 0 Å². The Morgan fingerprint density at radius 3 is 2.48 bits per heavy atom. The van der Waals surface area contributed by atoms with E-state index in [-0.39, 0.29) is 0 Å². The molecule has 2 aliphatic rings. The first-order valence-corrected chi connectivity index (χ1v) is 17.0. The van der Waals surface area contributed by atoms with Gasteiger partial charge in [-0.05, 0) is 108 Å². The highest BCUT2D eigenvalue weighted by atomic mass is 15.0. The number of fused-ring (bicyclic) bond motifs is 4. The molecule has 0 amide bonds. The number of benzene rings is 4. The van der Waals surface area contributed by atoms with Gasteiger partial charge in [0, 0.05) is 45.6 Å². The second kappa shape index (κ2) is 12.8. The molecule has 2 heterocycles. The van der Waals surface area contributed by atoms with E-state index in [1.807, 2.05) is 43.3 Å². The standard InChI is InChI=1S/C46H34N4/c1-3-42-41(25-31(2)29-47)39-19-8-9-21-43(39)49(42)36-16-12-14-34(28-36)33-13-11-15-35(27-33)40-26-32(30-48)23-24-46(40)50-44-20-6-4-5-17-37(44)38-18-7-10-22-45(38)50/h3-6,8-17,19,21-28H,1,7,18,20H2,2H3/b31-25+. The van der Waals surface area contributed by atoms with Crippen LogP contribution in [0.15, 0.2) is 127 Å². The van der Waals surface area contributed by atoms with Crippen molar-refractivity contribution >= 4 is 35.2 Å². The van der Waals surface area contributed by atoms with Gasteiger partial charge < -0.3 is 9.13 Å². The smallest absolute Gasteiger partial charge is 0.0991 e. The molecule has 6 aromatic rings. The van der Waals surface area contributed by atoms with E-state index in [9.17, 15) is 10.5 Å². The molecule has 4 nitrogen and oxygen atoms in total. The molecular formula is C46H34N4. The number of hydrogen-bond acceptors (Lipinski definition) is 2. The first-order chi connectivity index (χ1) is 24.6. The van der Waals surface area contributed by atoms with Crippen molar-refractivity contribution in [1.82, 2.24) is 9.13 Å². The first kappa shape index (κ1) is 30.7. The lowest BCUT2D eigenvalue weighted by Gasteiger charge is -2.19. The zero-order valence-electron chi connectivity index (χ0n) is 27.9. The van der Waals surface area contributed by atoms with E-state index < -0.39 is 0 Å². The van der Waals surface area contributed by atoms with Crippen LogP contribution in [0.1, 0.15) is 52.7 Å². The fraction of sp³-hybridized carbons (Fsp3) is 0.0870. The maximum absolute atomic E-state index is 9.99. The van der Waals surface area contributed by atoms with Gasteiger partial charge in [-0.1, -0.05) is 85.5 Å². The van der Waals surface area contributed by atoms with E-state index in [0.717, 1.165) is 75.1 Å². The summed E-state index contributed by atoms with van der Waals surface area (Å²) in [4.78, 5) is 0. The summed E-state index contributed by atoms with van der Waals surface area (Å²) in [6.45, 7) is 5.99. The van der Waals surface area contributed by atoms with E-state index in [0.29, 0.717) is 11.1 Å². The quantitative estimate of drug-likeness (QED) is 0.170. The second-order valence-corrected chi connectivity index (χ2v) is 12.8. The lowest BCUT2D eigenvalue weighted by atomic mass is 9.96. The summed E-state index contributed by atoms with van der Waals surface area (Å²) in [5.41, 5.74) is 15.8. The third kappa shape index (κ3) is 5.16. The molecule has 8 rings (SSSR count). The Morgan fingerprint density at radius 1 is 0.820 bits per heavy atom. The van der Waals surface area contributed by atoms with Crippen LogP contribution in [0, 0.1) is 22.7 Å². The molecule has 0 saturated heterocycles. The summed E-state index contributed by atoms with van der Waals surface area (Å²) in [6, 6.07) is 36.2. The summed E-state index contributed by atoms with van der Waals surface area (Å²) >= 11 is 0. The van der Waals surface area contributed by atoms with Gasteiger partial charge in [0.15, 0.2) is 0 Å². The molecule has 0 bridgehead atoms.